The van der Waals surface area contributed by atoms with Crippen LogP contribution in [0.3, 0.4) is 0 Å². The summed E-state index contributed by atoms with van der Waals surface area (Å²) in [4.78, 5) is 32.3. The Hall–Kier alpha value is -3.95. The minimum absolute atomic E-state index is 0.00129. The van der Waals surface area contributed by atoms with Gasteiger partial charge in [-0.15, -0.1) is 0 Å². The summed E-state index contributed by atoms with van der Waals surface area (Å²) in [6, 6.07) is 5.71. The van der Waals surface area contributed by atoms with Gasteiger partial charge >= 0.3 is 0 Å². The van der Waals surface area contributed by atoms with Crippen molar-refractivity contribution in [1.82, 2.24) is 20.6 Å². The summed E-state index contributed by atoms with van der Waals surface area (Å²) in [6.45, 7) is 2.10. The zero-order valence-electron chi connectivity index (χ0n) is 16.2. The Bertz CT molecular complexity index is 1200. The molecular weight excluding hydrogens is 411 g/mol. The van der Waals surface area contributed by atoms with E-state index in [1.54, 1.807) is 6.92 Å². The van der Waals surface area contributed by atoms with Gasteiger partial charge < -0.3 is 16.0 Å². The molecule has 2 aromatic heterocycles. The molecule has 0 radical (unpaired) electrons. The molecule has 0 saturated carbocycles. The number of carbonyl (C=O) groups is 2. The largest absolute Gasteiger partial charge is 0.352 e. The van der Waals surface area contributed by atoms with E-state index < -0.39 is 29.3 Å². The number of hydrogen-bond donors (Lipinski definition) is 3. The van der Waals surface area contributed by atoms with Gasteiger partial charge in [0.2, 0.25) is 0 Å². The van der Waals surface area contributed by atoms with Crippen molar-refractivity contribution in [3.8, 4) is 11.3 Å². The fourth-order valence-electron chi connectivity index (χ4n) is 3.26. The lowest BCUT2D eigenvalue weighted by Gasteiger charge is -2.13. The number of halogens is 3. The number of anilines is 2. The number of nitrogens with one attached hydrogen (secondary N) is 3. The Balaban J connectivity index is 1.77. The van der Waals surface area contributed by atoms with E-state index in [-0.39, 0.29) is 46.1 Å². The molecule has 31 heavy (non-hydrogen) atoms. The fourth-order valence-corrected chi connectivity index (χ4v) is 3.26. The summed E-state index contributed by atoms with van der Waals surface area (Å²) < 4.78 is 42.9. The molecule has 0 aliphatic carbocycles. The molecule has 3 N–H and O–H groups in total. The highest BCUT2D eigenvalue weighted by atomic mass is 19.1. The molecule has 3 heterocycles. The molecule has 0 atom stereocenters. The molecular formula is C21H16F3N5O2. The maximum Gasteiger partial charge on any atom is 0.255 e. The Morgan fingerprint density at radius 2 is 1.87 bits per heavy atom. The molecule has 0 saturated heterocycles. The van der Waals surface area contributed by atoms with Gasteiger partial charge in [0.15, 0.2) is 0 Å². The molecule has 0 bridgehead atoms. The van der Waals surface area contributed by atoms with Gasteiger partial charge in [-0.25, -0.2) is 23.1 Å². The number of rotatable bonds is 5. The maximum atomic E-state index is 14.4. The van der Waals surface area contributed by atoms with Crippen molar-refractivity contribution in [1.29, 1.82) is 0 Å². The first-order chi connectivity index (χ1) is 14.9. The highest BCUT2D eigenvalue weighted by molar-refractivity contribution is 6.04. The summed E-state index contributed by atoms with van der Waals surface area (Å²) in [7, 11) is 0. The first-order valence-electron chi connectivity index (χ1n) is 9.36. The first-order valence-corrected chi connectivity index (χ1v) is 9.36. The molecule has 1 aliphatic rings. The van der Waals surface area contributed by atoms with E-state index in [0.717, 1.165) is 24.4 Å². The van der Waals surface area contributed by atoms with E-state index in [2.05, 4.69) is 25.9 Å². The first kappa shape index (κ1) is 20.3. The number of aromatic nitrogens is 2. The van der Waals surface area contributed by atoms with Crippen LogP contribution >= 0.6 is 0 Å². The second-order valence-corrected chi connectivity index (χ2v) is 6.69. The van der Waals surface area contributed by atoms with Gasteiger partial charge in [0, 0.05) is 18.8 Å². The topological polar surface area (TPSA) is 96.0 Å². The van der Waals surface area contributed by atoms with Crippen molar-refractivity contribution in [3.05, 3.63) is 70.8 Å². The van der Waals surface area contributed by atoms with Gasteiger partial charge in [0.1, 0.15) is 23.3 Å². The zero-order chi connectivity index (χ0) is 22.1. The van der Waals surface area contributed by atoms with E-state index >= 15 is 0 Å². The normalized spacial score (nSPS) is 12.3. The highest BCUT2D eigenvalue weighted by Crippen LogP contribution is 2.33. The van der Waals surface area contributed by atoms with E-state index in [1.165, 1.54) is 12.1 Å². The van der Waals surface area contributed by atoms with Crippen LogP contribution in [0.25, 0.3) is 11.3 Å². The minimum Gasteiger partial charge on any atom is -0.352 e. The molecule has 0 fully saturated rings. The Morgan fingerprint density at radius 3 is 2.55 bits per heavy atom. The van der Waals surface area contributed by atoms with Crippen molar-refractivity contribution < 1.29 is 22.8 Å². The van der Waals surface area contributed by atoms with Gasteiger partial charge in [0.05, 0.1) is 40.3 Å². The van der Waals surface area contributed by atoms with Crippen molar-refractivity contribution in [2.24, 2.45) is 0 Å². The van der Waals surface area contributed by atoms with Crippen LogP contribution in [0.5, 0.6) is 0 Å². The quantitative estimate of drug-likeness (QED) is 0.581. The molecule has 2 amide bonds. The summed E-state index contributed by atoms with van der Waals surface area (Å²) in [5.41, 5.74) is -0.0247. The lowest BCUT2D eigenvalue weighted by molar-refractivity contribution is 0.0947. The third kappa shape index (κ3) is 3.79. The Labute approximate surface area is 174 Å². The van der Waals surface area contributed by atoms with Crippen LogP contribution in [-0.4, -0.2) is 28.3 Å². The average molecular weight is 427 g/mol. The summed E-state index contributed by atoms with van der Waals surface area (Å²) >= 11 is 0. The van der Waals surface area contributed by atoms with Gasteiger partial charge in [-0.1, -0.05) is 6.07 Å². The second kappa shape index (κ2) is 8.05. The number of carbonyl (C=O) groups excluding carboxylic acids is 2. The van der Waals surface area contributed by atoms with Crippen LogP contribution in [0.1, 0.15) is 33.3 Å². The van der Waals surface area contributed by atoms with E-state index in [4.69, 9.17) is 0 Å². The molecule has 1 aliphatic heterocycles. The molecule has 158 valence electrons. The van der Waals surface area contributed by atoms with Crippen molar-refractivity contribution >= 4 is 23.3 Å². The number of pyridine rings is 2. The molecule has 1 aromatic carbocycles. The van der Waals surface area contributed by atoms with Crippen LogP contribution in [0, 0.1) is 17.5 Å². The number of hydrogen-bond acceptors (Lipinski definition) is 5. The third-order valence-electron chi connectivity index (χ3n) is 4.65. The van der Waals surface area contributed by atoms with E-state index in [1.807, 2.05) is 0 Å². The van der Waals surface area contributed by atoms with Gasteiger partial charge in [-0.05, 0) is 25.1 Å². The SMILES string of the molecule is CCNC(=O)c1cnc(Nc2cc(-c3c(F)cccc3F)nc3c2C(=O)NC3)cc1F. The number of fused-ring (bicyclic) bond motifs is 1. The standard InChI is InChI=1S/C21H16F3N5O2/c1-2-25-20(30)10-8-26-17(6-13(10)24)29-15-7-14(18-11(22)4-3-5-12(18)23)28-16-9-27-21(31)19(15)16/h3-8H,2,9H2,1H3,(H,25,30)(H,27,31)(H,26,28,29). The molecule has 4 rings (SSSR count). The summed E-state index contributed by atoms with van der Waals surface area (Å²) in [6.07, 6.45) is 1.06. The molecule has 0 unspecified atom stereocenters. The fraction of sp³-hybridized carbons (Fsp3) is 0.143. The van der Waals surface area contributed by atoms with Crippen LogP contribution in [0.4, 0.5) is 24.7 Å². The monoisotopic (exact) mass is 427 g/mol. The lowest BCUT2D eigenvalue weighted by Crippen LogP contribution is -2.24. The van der Waals surface area contributed by atoms with E-state index in [0.29, 0.717) is 6.54 Å². The predicted molar refractivity (Wildman–Crippen MR) is 106 cm³/mol. The summed E-state index contributed by atoms with van der Waals surface area (Å²) in [5.74, 6) is -3.50. The molecule has 3 aromatic rings. The van der Waals surface area contributed by atoms with Crippen molar-refractivity contribution in [3.63, 3.8) is 0 Å². The number of benzene rings is 1. The molecule has 10 heteroatoms. The summed E-state index contributed by atoms with van der Waals surface area (Å²) in [5, 5.41) is 7.86. The third-order valence-corrected chi connectivity index (χ3v) is 4.65. The number of nitrogens with zero attached hydrogens (tertiary/aromatic N) is 2. The maximum absolute atomic E-state index is 14.4. The predicted octanol–water partition coefficient (Wildman–Crippen LogP) is 3.30. The van der Waals surface area contributed by atoms with Crippen molar-refractivity contribution in [2.45, 2.75) is 13.5 Å². The van der Waals surface area contributed by atoms with Crippen LogP contribution in [-0.2, 0) is 6.54 Å². The van der Waals surface area contributed by atoms with Crippen molar-refractivity contribution in [2.75, 3.05) is 11.9 Å². The van der Waals surface area contributed by atoms with E-state index in [9.17, 15) is 22.8 Å². The molecule has 0 spiro atoms. The smallest absolute Gasteiger partial charge is 0.255 e. The zero-order valence-corrected chi connectivity index (χ0v) is 16.2. The average Bonchev–Trinajstić information content (AvgIpc) is 3.09. The van der Waals surface area contributed by atoms with Crippen LogP contribution in [0.15, 0.2) is 36.5 Å². The van der Waals surface area contributed by atoms with Gasteiger partial charge in [0.25, 0.3) is 11.8 Å². The molecule has 7 nitrogen and oxygen atoms in total. The highest BCUT2D eigenvalue weighted by Gasteiger charge is 2.27. The van der Waals surface area contributed by atoms with Crippen LogP contribution < -0.4 is 16.0 Å². The minimum atomic E-state index is -0.820. The second-order valence-electron chi connectivity index (χ2n) is 6.69. The Kier molecular flexibility index (Phi) is 5.28. The van der Waals surface area contributed by atoms with Crippen LogP contribution in [0.2, 0.25) is 0 Å². The van der Waals surface area contributed by atoms with Gasteiger partial charge in [-0.2, -0.15) is 0 Å². The number of amides is 2. The van der Waals surface area contributed by atoms with Gasteiger partial charge in [-0.3, -0.25) is 9.59 Å². The Morgan fingerprint density at radius 1 is 1.13 bits per heavy atom. The lowest BCUT2D eigenvalue weighted by atomic mass is 10.1.